The fourth-order valence-electron chi connectivity index (χ4n) is 2.61. The van der Waals surface area contributed by atoms with Crippen molar-refractivity contribution >= 4 is 16.8 Å². The summed E-state index contributed by atoms with van der Waals surface area (Å²) in [4.78, 5) is 44.2. The number of amides is 1. The Labute approximate surface area is 156 Å². The van der Waals surface area contributed by atoms with Crippen LogP contribution >= 0.6 is 0 Å². The first-order chi connectivity index (χ1) is 13.1. The second kappa shape index (κ2) is 7.29. The van der Waals surface area contributed by atoms with E-state index in [4.69, 9.17) is 0 Å². The molecule has 0 saturated carbocycles. The summed E-state index contributed by atoms with van der Waals surface area (Å²) in [5.41, 5.74) is -1.66. The Kier molecular flexibility index (Phi) is 5.04. The second-order valence-electron chi connectivity index (χ2n) is 6.16. The number of aromatic amines is 1. The smallest absolute Gasteiger partial charge is 0.337 e. The van der Waals surface area contributed by atoms with Crippen molar-refractivity contribution in [1.29, 1.82) is 0 Å². The molecule has 28 heavy (non-hydrogen) atoms. The average molecular weight is 392 g/mol. The van der Waals surface area contributed by atoms with Gasteiger partial charge < -0.3 is 14.5 Å². The molecule has 7 nitrogen and oxygen atoms in total. The van der Waals surface area contributed by atoms with Crippen molar-refractivity contribution in [2.75, 3.05) is 7.05 Å². The Morgan fingerprint density at radius 2 is 1.89 bits per heavy atom. The molecule has 0 aliphatic rings. The number of pyridine rings is 1. The highest BCUT2D eigenvalue weighted by Crippen LogP contribution is 2.28. The van der Waals surface area contributed by atoms with Gasteiger partial charge in [0, 0.05) is 19.3 Å². The van der Waals surface area contributed by atoms with Gasteiger partial charge in [-0.1, -0.05) is 12.1 Å². The minimum atomic E-state index is -4.63. The van der Waals surface area contributed by atoms with Gasteiger partial charge in [0.05, 0.1) is 23.0 Å². The molecule has 0 radical (unpaired) electrons. The Balaban J connectivity index is 1.79. The molecule has 0 aliphatic heterocycles. The Morgan fingerprint density at radius 1 is 1.18 bits per heavy atom. The van der Waals surface area contributed by atoms with Crippen molar-refractivity contribution in [3.63, 3.8) is 0 Å². The molecular weight excluding hydrogens is 377 g/mol. The van der Waals surface area contributed by atoms with Crippen LogP contribution in [0.1, 0.15) is 11.4 Å². The molecule has 0 atom stereocenters. The van der Waals surface area contributed by atoms with Crippen LogP contribution in [0.5, 0.6) is 0 Å². The zero-order chi connectivity index (χ0) is 20.5. The summed E-state index contributed by atoms with van der Waals surface area (Å²) in [6.07, 6.45) is -4.02. The molecule has 0 saturated heterocycles. The molecule has 0 unspecified atom stereocenters. The lowest BCUT2D eigenvalue weighted by Crippen LogP contribution is -2.34. The van der Waals surface area contributed by atoms with E-state index < -0.39 is 29.8 Å². The summed E-state index contributed by atoms with van der Waals surface area (Å²) in [5, 5.41) is 0.399. The third-order valence-corrected chi connectivity index (χ3v) is 4.09. The van der Waals surface area contributed by atoms with Crippen molar-refractivity contribution in [2.45, 2.75) is 19.3 Å². The van der Waals surface area contributed by atoms with Crippen molar-refractivity contribution < 1.29 is 18.0 Å². The number of alkyl halides is 3. The first-order valence-corrected chi connectivity index (χ1v) is 8.15. The molecule has 3 aromatic rings. The first kappa shape index (κ1) is 19.3. The van der Waals surface area contributed by atoms with Gasteiger partial charge in [-0.15, -0.1) is 0 Å². The fraction of sp³-hybridized carbons (Fsp3) is 0.222. The largest absolute Gasteiger partial charge is 0.417 e. The lowest BCUT2D eigenvalue weighted by molar-refractivity contribution is -0.138. The molecule has 1 N–H and O–H groups in total. The molecule has 1 amide bonds. The summed E-state index contributed by atoms with van der Waals surface area (Å²) >= 11 is 0. The molecule has 10 heteroatoms. The summed E-state index contributed by atoms with van der Waals surface area (Å²) in [6.45, 7) is -0.649. The van der Waals surface area contributed by atoms with E-state index >= 15 is 0 Å². The van der Waals surface area contributed by atoms with Crippen LogP contribution in [0.15, 0.2) is 52.2 Å². The summed E-state index contributed by atoms with van der Waals surface area (Å²) in [6, 6.07) is 8.10. The number of likely N-dealkylation sites (N-methyl/N-ethyl adjacent to an activating group) is 1. The number of carbonyl (C=O) groups excluding carboxylic acids is 1. The highest BCUT2D eigenvalue weighted by atomic mass is 19.4. The van der Waals surface area contributed by atoms with Gasteiger partial charge in [-0.3, -0.25) is 14.4 Å². The molecule has 2 aromatic heterocycles. The Bertz CT molecular complexity index is 1150. The third-order valence-electron chi connectivity index (χ3n) is 4.09. The SMILES string of the molecule is CN(Cc1nc2ccccc2c(=O)[nH]1)C(=O)Cn1cc(C(F)(F)F)ccc1=O. The van der Waals surface area contributed by atoms with Gasteiger partial charge in [0.15, 0.2) is 0 Å². The van der Waals surface area contributed by atoms with Gasteiger partial charge in [-0.25, -0.2) is 4.98 Å². The number of H-pyrrole nitrogens is 1. The topological polar surface area (TPSA) is 88.1 Å². The maximum absolute atomic E-state index is 12.8. The van der Waals surface area contributed by atoms with E-state index in [0.29, 0.717) is 27.7 Å². The number of nitrogens with zero attached hydrogens (tertiary/aromatic N) is 3. The molecule has 3 rings (SSSR count). The van der Waals surface area contributed by atoms with Crippen LogP contribution in [0.2, 0.25) is 0 Å². The maximum Gasteiger partial charge on any atom is 0.417 e. The van der Waals surface area contributed by atoms with Gasteiger partial charge in [0.25, 0.3) is 11.1 Å². The van der Waals surface area contributed by atoms with Crippen LogP contribution in [0, 0.1) is 0 Å². The van der Waals surface area contributed by atoms with Crippen molar-refractivity contribution in [1.82, 2.24) is 19.4 Å². The third kappa shape index (κ3) is 4.11. The normalized spacial score (nSPS) is 11.6. The van der Waals surface area contributed by atoms with Gasteiger partial charge in [-0.2, -0.15) is 13.2 Å². The number of benzene rings is 1. The lowest BCUT2D eigenvalue weighted by Gasteiger charge is -2.18. The van der Waals surface area contributed by atoms with Crippen molar-refractivity contribution in [3.8, 4) is 0 Å². The van der Waals surface area contributed by atoms with Gasteiger partial charge in [-0.05, 0) is 18.2 Å². The molecule has 1 aromatic carbocycles. The Hall–Kier alpha value is -3.43. The molecule has 2 heterocycles. The standard InChI is InChI=1S/C18H15F3N4O3/c1-24(9-14-22-13-5-3-2-4-12(13)17(28)23-14)16(27)10-25-8-11(18(19,20)21)6-7-15(25)26/h2-8H,9-10H2,1H3,(H,22,23,28). The summed E-state index contributed by atoms with van der Waals surface area (Å²) in [7, 11) is 1.40. The van der Waals surface area contributed by atoms with E-state index in [-0.39, 0.29) is 17.9 Å². The monoisotopic (exact) mass is 392 g/mol. The van der Waals surface area contributed by atoms with E-state index in [1.54, 1.807) is 24.3 Å². The van der Waals surface area contributed by atoms with Crippen LogP contribution in [-0.4, -0.2) is 32.4 Å². The van der Waals surface area contributed by atoms with Gasteiger partial charge >= 0.3 is 6.18 Å². The number of hydrogen-bond acceptors (Lipinski definition) is 4. The zero-order valence-electron chi connectivity index (χ0n) is 14.7. The average Bonchev–Trinajstić information content (AvgIpc) is 2.62. The van der Waals surface area contributed by atoms with Crippen LogP contribution in [0.25, 0.3) is 10.9 Å². The van der Waals surface area contributed by atoms with E-state index in [1.807, 2.05) is 0 Å². The summed E-state index contributed by atoms with van der Waals surface area (Å²) in [5.74, 6) is -0.395. The minimum absolute atomic E-state index is 0.0768. The fourth-order valence-corrected chi connectivity index (χ4v) is 2.61. The maximum atomic E-state index is 12.8. The molecular formula is C18H15F3N4O3. The highest BCUT2D eigenvalue weighted by molar-refractivity contribution is 5.77. The van der Waals surface area contributed by atoms with E-state index in [0.717, 1.165) is 6.07 Å². The quantitative estimate of drug-likeness (QED) is 0.733. The number of nitrogens with one attached hydrogen (secondary N) is 1. The highest BCUT2D eigenvalue weighted by Gasteiger charge is 2.31. The predicted octanol–water partition coefficient (Wildman–Crippen LogP) is 1.76. The van der Waals surface area contributed by atoms with Crippen LogP contribution in [0.4, 0.5) is 13.2 Å². The van der Waals surface area contributed by atoms with Crippen LogP contribution in [0.3, 0.4) is 0 Å². The van der Waals surface area contributed by atoms with Crippen molar-refractivity contribution in [2.24, 2.45) is 0 Å². The number of aromatic nitrogens is 3. The van der Waals surface area contributed by atoms with Gasteiger partial charge in [0.2, 0.25) is 5.91 Å². The minimum Gasteiger partial charge on any atom is -0.337 e. The molecule has 0 aliphatic carbocycles. The zero-order valence-corrected chi connectivity index (χ0v) is 14.7. The molecule has 0 bridgehead atoms. The van der Waals surface area contributed by atoms with E-state index in [9.17, 15) is 27.6 Å². The number of para-hydroxylation sites is 1. The van der Waals surface area contributed by atoms with Crippen molar-refractivity contribution in [3.05, 3.63) is 74.7 Å². The van der Waals surface area contributed by atoms with E-state index in [2.05, 4.69) is 9.97 Å². The number of halogens is 3. The number of rotatable bonds is 4. The first-order valence-electron chi connectivity index (χ1n) is 8.15. The molecule has 0 spiro atoms. The second-order valence-corrected chi connectivity index (χ2v) is 6.16. The lowest BCUT2D eigenvalue weighted by atomic mass is 10.2. The van der Waals surface area contributed by atoms with E-state index in [1.165, 1.54) is 11.9 Å². The Morgan fingerprint density at radius 3 is 2.61 bits per heavy atom. The van der Waals surface area contributed by atoms with Crippen LogP contribution in [-0.2, 0) is 24.1 Å². The number of carbonyl (C=O) groups is 1. The predicted molar refractivity (Wildman–Crippen MR) is 94.5 cm³/mol. The molecule has 146 valence electrons. The van der Waals surface area contributed by atoms with Gasteiger partial charge in [0.1, 0.15) is 12.4 Å². The number of fused-ring (bicyclic) bond motifs is 1. The number of hydrogen-bond donors (Lipinski definition) is 1. The molecule has 0 fully saturated rings. The summed E-state index contributed by atoms with van der Waals surface area (Å²) < 4.78 is 39.1. The van der Waals surface area contributed by atoms with Crippen LogP contribution < -0.4 is 11.1 Å².